The summed E-state index contributed by atoms with van der Waals surface area (Å²) in [5.74, 6) is 0.850. The summed E-state index contributed by atoms with van der Waals surface area (Å²) in [5.41, 5.74) is -0.262. The van der Waals surface area contributed by atoms with E-state index in [1.54, 1.807) is 0 Å². The number of aliphatic hydroxyl groups is 1. The molecule has 1 aromatic heterocycles. The van der Waals surface area contributed by atoms with Gasteiger partial charge in [-0.15, -0.1) is 5.10 Å². The van der Waals surface area contributed by atoms with Crippen LogP contribution < -0.4 is 0 Å². The fourth-order valence-corrected chi connectivity index (χ4v) is 1.36. The molecule has 0 aliphatic rings. The Kier molecular flexibility index (Phi) is 5.02. The highest BCUT2D eigenvalue weighted by molar-refractivity contribution is 4.86. The number of hydrogen-bond donors (Lipinski definition) is 1. The molecule has 17 heavy (non-hydrogen) atoms. The molecular formula is C11H23N5O. The Labute approximate surface area is 103 Å². The van der Waals surface area contributed by atoms with Gasteiger partial charge in [-0.1, -0.05) is 13.3 Å². The summed E-state index contributed by atoms with van der Waals surface area (Å²) in [4.78, 5) is 2.06. The van der Waals surface area contributed by atoms with Crippen molar-refractivity contribution < 1.29 is 5.11 Å². The van der Waals surface area contributed by atoms with Crippen molar-refractivity contribution in [3.8, 4) is 0 Å². The Morgan fingerprint density at radius 1 is 1.41 bits per heavy atom. The maximum absolute atomic E-state index is 9.30. The Morgan fingerprint density at radius 2 is 2.12 bits per heavy atom. The quantitative estimate of drug-likeness (QED) is 0.760. The van der Waals surface area contributed by atoms with Crippen LogP contribution in [0.1, 0.15) is 39.4 Å². The Bertz CT molecular complexity index is 336. The van der Waals surface area contributed by atoms with Gasteiger partial charge in [0.2, 0.25) is 0 Å². The maximum atomic E-state index is 9.30. The minimum Gasteiger partial charge on any atom is -0.394 e. The molecule has 0 aliphatic carbocycles. The number of aliphatic hydroxyl groups excluding tert-OH is 1. The minimum absolute atomic E-state index is 0.111. The van der Waals surface area contributed by atoms with Crippen LogP contribution in [0.2, 0.25) is 0 Å². The number of rotatable bonds is 7. The van der Waals surface area contributed by atoms with E-state index in [0.29, 0.717) is 6.54 Å². The third kappa shape index (κ3) is 3.74. The van der Waals surface area contributed by atoms with Crippen molar-refractivity contribution in [3.63, 3.8) is 0 Å². The number of nitrogens with zero attached hydrogens (tertiary/aromatic N) is 5. The predicted octanol–water partition coefficient (Wildman–Crippen LogP) is 0.676. The Morgan fingerprint density at radius 3 is 2.71 bits per heavy atom. The first-order valence-corrected chi connectivity index (χ1v) is 6.08. The third-order valence-electron chi connectivity index (χ3n) is 3.13. The maximum Gasteiger partial charge on any atom is 0.165 e. The van der Waals surface area contributed by atoms with Crippen molar-refractivity contribution >= 4 is 0 Å². The molecular weight excluding hydrogens is 218 g/mol. The Balaban J connectivity index is 2.65. The number of tetrazole rings is 1. The third-order valence-corrected chi connectivity index (χ3v) is 3.13. The zero-order valence-electron chi connectivity index (χ0n) is 11.2. The topological polar surface area (TPSA) is 67.1 Å². The van der Waals surface area contributed by atoms with Gasteiger partial charge in [-0.25, -0.2) is 4.68 Å². The highest BCUT2D eigenvalue weighted by atomic mass is 16.3. The van der Waals surface area contributed by atoms with Crippen LogP contribution in [0.15, 0.2) is 0 Å². The minimum atomic E-state index is -0.262. The molecule has 0 bridgehead atoms. The highest BCUT2D eigenvalue weighted by Gasteiger charge is 2.24. The molecule has 1 aromatic rings. The van der Waals surface area contributed by atoms with E-state index in [9.17, 15) is 5.11 Å². The van der Waals surface area contributed by atoms with Gasteiger partial charge in [-0.05, 0) is 37.7 Å². The van der Waals surface area contributed by atoms with Gasteiger partial charge >= 0.3 is 0 Å². The van der Waals surface area contributed by atoms with Crippen molar-refractivity contribution in [1.29, 1.82) is 0 Å². The smallest absolute Gasteiger partial charge is 0.165 e. The molecule has 0 fully saturated rings. The first kappa shape index (κ1) is 14.1. The van der Waals surface area contributed by atoms with Gasteiger partial charge in [0.15, 0.2) is 5.82 Å². The summed E-state index contributed by atoms with van der Waals surface area (Å²) in [7, 11) is 1.97. The average Bonchev–Trinajstić information content (AvgIpc) is 2.73. The monoisotopic (exact) mass is 241 g/mol. The van der Waals surface area contributed by atoms with Crippen molar-refractivity contribution in [2.75, 3.05) is 13.7 Å². The van der Waals surface area contributed by atoms with Crippen molar-refractivity contribution in [2.24, 2.45) is 0 Å². The molecule has 0 spiro atoms. The van der Waals surface area contributed by atoms with E-state index in [2.05, 4.69) is 27.3 Å². The summed E-state index contributed by atoms with van der Waals surface area (Å²) >= 11 is 0. The van der Waals surface area contributed by atoms with Crippen LogP contribution in [-0.4, -0.2) is 49.4 Å². The summed E-state index contributed by atoms with van der Waals surface area (Å²) in [6, 6.07) is 0. The molecule has 0 saturated heterocycles. The van der Waals surface area contributed by atoms with E-state index in [-0.39, 0.29) is 12.1 Å². The summed E-state index contributed by atoms with van der Waals surface area (Å²) in [5, 5.41) is 21.0. The van der Waals surface area contributed by atoms with Crippen LogP contribution in [0.3, 0.4) is 0 Å². The summed E-state index contributed by atoms with van der Waals surface area (Å²) in [6.07, 6.45) is 2.20. The van der Waals surface area contributed by atoms with Gasteiger partial charge in [0.25, 0.3) is 0 Å². The lowest BCUT2D eigenvalue weighted by Crippen LogP contribution is -2.44. The van der Waals surface area contributed by atoms with Crippen molar-refractivity contribution in [3.05, 3.63) is 5.82 Å². The molecule has 1 rings (SSSR count). The van der Waals surface area contributed by atoms with Gasteiger partial charge in [-0.3, -0.25) is 4.90 Å². The van der Waals surface area contributed by atoms with Crippen LogP contribution >= 0.6 is 0 Å². The molecule has 98 valence electrons. The van der Waals surface area contributed by atoms with Crippen molar-refractivity contribution in [1.82, 2.24) is 25.1 Å². The zero-order valence-corrected chi connectivity index (χ0v) is 11.2. The second-order valence-corrected chi connectivity index (χ2v) is 5.00. The largest absolute Gasteiger partial charge is 0.394 e. The van der Waals surface area contributed by atoms with Crippen LogP contribution in [0, 0.1) is 0 Å². The number of unbranched alkanes of at least 4 members (excludes halogenated alkanes) is 1. The SMILES string of the molecule is CCCCn1nnnc1CN(C)C(C)(C)CO. The molecule has 0 atom stereocenters. The molecule has 0 amide bonds. The van der Waals surface area contributed by atoms with Gasteiger partial charge < -0.3 is 5.11 Å². The predicted molar refractivity (Wildman–Crippen MR) is 65.4 cm³/mol. The van der Waals surface area contributed by atoms with E-state index in [4.69, 9.17) is 0 Å². The fraction of sp³-hybridized carbons (Fsp3) is 0.909. The van der Waals surface area contributed by atoms with E-state index in [0.717, 1.165) is 25.2 Å². The molecule has 6 heteroatoms. The van der Waals surface area contributed by atoms with Crippen LogP contribution in [-0.2, 0) is 13.1 Å². The molecule has 0 aromatic carbocycles. The zero-order chi connectivity index (χ0) is 12.9. The van der Waals surface area contributed by atoms with Gasteiger partial charge in [0.1, 0.15) is 0 Å². The first-order chi connectivity index (χ1) is 8.01. The standard InChI is InChI=1S/C11H23N5O/c1-5-6-7-16-10(12-13-14-16)8-15(4)11(2,3)9-17/h17H,5-9H2,1-4H3. The molecule has 0 aliphatic heterocycles. The number of aromatic nitrogens is 4. The van der Waals surface area contributed by atoms with E-state index < -0.39 is 0 Å². The summed E-state index contributed by atoms with van der Waals surface area (Å²) < 4.78 is 1.84. The normalized spacial score (nSPS) is 12.4. The molecule has 6 nitrogen and oxygen atoms in total. The number of likely N-dealkylation sites (N-methyl/N-ethyl adjacent to an activating group) is 1. The molecule has 0 unspecified atom stereocenters. The van der Waals surface area contributed by atoms with Crippen molar-refractivity contribution in [2.45, 2.75) is 52.2 Å². The second kappa shape index (κ2) is 6.07. The first-order valence-electron chi connectivity index (χ1n) is 6.08. The average molecular weight is 241 g/mol. The molecule has 1 N–H and O–H groups in total. The number of aryl methyl sites for hydroxylation is 1. The Hall–Kier alpha value is -1.01. The fourth-order valence-electron chi connectivity index (χ4n) is 1.36. The number of hydrogen-bond acceptors (Lipinski definition) is 5. The van der Waals surface area contributed by atoms with Gasteiger partial charge in [-0.2, -0.15) is 0 Å². The summed E-state index contributed by atoms with van der Waals surface area (Å²) in [6.45, 7) is 7.74. The van der Waals surface area contributed by atoms with E-state index in [1.807, 2.05) is 25.6 Å². The van der Waals surface area contributed by atoms with Gasteiger partial charge in [0, 0.05) is 12.1 Å². The van der Waals surface area contributed by atoms with E-state index >= 15 is 0 Å². The van der Waals surface area contributed by atoms with Crippen LogP contribution in [0.4, 0.5) is 0 Å². The lowest BCUT2D eigenvalue weighted by Gasteiger charge is -2.33. The van der Waals surface area contributed by atoms with Crippen LogP contribution in [0.5, 0.6) is 0 Å². The second-order valence-electron chi connectivity index (χ2n) is 5.00. The van der Waals surface area contributed by atoms with E-state index in [1.165, 1.54) is 0 Å². The van der Waals surface area contributed by atoms with Gasteiger partial charge in [0.05, 0.1) is 13.2 Å². The molecule has 1 heterocycles. The highest BCUT2D eigenvalue weighted by Crippen LogP contribution is 2.13. The lowest BCUT2D eigenvalue weighted by molar-refractivity contribution is 0.0702. The van der Waals surface area contributed by atoms with Crippen LogP contribution in [0.25, 0.3) is 0 Å². The molecule has 0 radical (unpaired) electrons. The molecule has 0 saturated carbocycles. The lowest BCUT2D eigenvalue weighted by atomic mass is 10.1.